The van der Waals surface area contributed by atoms with Crippen molar-refractivity contribution in [2.75, 3.05) is 6.54 Å². The molecule has 0 heterocycles. The summed E-state index contributed by atoms with van der Waals surface area (Å²) in [5.74, 6) is 1.59. The molecule has 0 amide bonds. The molecular weight excluding hydrogens is 277 g/mol. The average molecular weight is 300 g/mol. The average Bonchev–Trinajstić information content (AvgIpc) is 2.78. The lowest BCUT2D eigenvalue weighted by Crippen LogP contribution is -2.39. The van der Waals surface area contributed by atoms with Crippen LogP contribution in [0.15, 0.2) is 18.2 Å². The van der Waals surface area contributed by atoms with Crippen LogP contribution in [0.3, 0.4) is 0 Å². The Morgan fingerprint density at radius 2 is 2.11 bits per heavy atom. The lowest BCUT2D eigenvalue weighted by Gasteiger charge is -2.28. The summed E-state index contributed by atoms with van der Waals surface area (Å²) in [6, 6.07) is 6.37. The Labute approximate surface area is 126 Å². The van der Waals surface area contributed by atoms with Crippen molar-refractivity contribution in [2.24, 2.45) is 11.8 Å². The molecule has 1 N–H and O–H groups in total. The van der Waals surface area contributed by atoms with Gasteiger partial charge in [0.2, 0.25) is 0 Å². The number of halogens is 2. The van der Waals surface area contributed by atoms with Crippen molar-refractivity contribution >= 4 is 23.2 Å². The summed E-state index contributed by atoms with van der Waals surface area (Å²) in [6.45, 7) is 5.57. The number of hydrogen-bond donors (Lipinski definition) is 1. The summed E-state index contributed by atoms with van der Waals surface area (Å²) in [7, 11) is 0. The zero-order valence-corrected chi connectivity index (χ0v) is 13.3. The molecular formula is C16H23Cl2N. The third-order valence-corrected chi connectivity index (χ3v) is 4.95. The predicted molar refractivity (Wildman–Crippen MR) is 84.1 cm³/mol. The van der Waals surface area contributed by atoms with E-state index < -0.39 is 0 Å². The molecule has 106 valence electrons. The minimum atomic E-state index is 0.529. The van der Waals surface area contributed by atoms with E-state index in [0.29, 0.717) is 11.1 Å². The van der Waals surface area contributed by atoms with E-state index in [9.17, 15) is 0 Å². The zero-order chi connectivity index (χ0) is 13.8. The third-order valence-electron chi connectivity index (χ3n) is 4.37. The summed E-state index contributed by atoms with van der Waals surface area (Å²) in [6.07, 6.45) is 5.06. The second-order valence-electron chi connectivity index (χ2n) is 5.68. The Hall–Kier alpha value is -0.240. The largest absolute Gasteiger partial charge is 0.314 e. The van der Waals surface area contributed by atoms with Crippen LogP contribution in [0.4, 0.5) is 0 Å². The molecule has 1 aromatic rings. The van der Waals surface area contributed by atoms with Gasteiger partial charge in [0.15, 0.2) is 0 Å². The maximum Gasteiger partial charge on any atom is 0.0453 e. The van der Waals surface area contributed by atoms with Crippen molar-refractivity contribution in [3.05, 3.63) is 33.8 Å². The number of hydrogen-bond acceptors (Lipinski definition) is 1. The quantitative estimate of drug-likeness (QED) is 0.811. The van der Waals surface area contributed by atoms with E-state index in [-0.39, 0.29) is 0 Å². The van der Waals surface area contributed by atoms with Gasteiger partial charge in [0.25, 0.3) is 0 Å². The molecule has 0 bridgehead atoms. The lowest BCUT2D eigenvalue weighted by atomic mass is 9.86. The van der Waals surface area contributed by atoms with Gasteiger partial charge in [-0.2, -0.15) is 0 Å². The van der Waals surface area contributed by atoms with Crippen LogP contribution >= 0.6 is 23.2 Å². The molecule has 0 radical (unpaired) electrons. The van der Waals surface area contributed by atoms with Gasteiger partial charge in [-0.05, 0) is 48.9 Å². The van der Waals surface area contributed by atoms with Gasteiger partial charge < -0.3 is 5.32 Å². The van der Waals surface area contributed by atoms with Crippen molar-refractivity contribution in [1.82, 2.24) is 5.32 Å². The van der Waals surface area contributed by atoms with Gasteiger partial charge in [0.05, 0.1) is 0 Å². The molecule has 0 spiro atoms. The fraction of sp³-hybridized carbons (Fsp3) is 0.625. The predicted octanol–water partition coefficient (Wildman–Crippen LogP) is 4.95. The van der Waals surface area contributed by atoms with Gasteiger partial charge in [-0.1, -0.05) is 56.0 Å². The van der Waals surface area contributed by atoms with Crippen LogP contribution in [-0.2, 0) is 6.42 Å². The molecule has 1 aliphatic rings. The van der Waals surface area contributed by atoms with Crippen LogP contribution in [0.25, 0.3) is 0 Å². The topological polar surface area (TPSA) is 12.0 Å². The molecule has 0 saturated heterocycles. The Bertz CT molecular complexity index is 419. The molecule has 0 aromatic heterocycles. The van der Waals surface area contributed by atoms with E-state index in [1.165, 1.54) is 24.8 Å². The molecule has 0 aliphatic heterocycles. The Kier molecular flexibility index (Phi) is 5.56. The first-order chi connectivity index (χ1) is 9.11. The summed E-state index contributed by atoms with van der Waals surface area (Å²) in [5.41, 5.74) is 1.20. The van der Waals surface area contributed by atoms with E-state index in [0.717, 1.165) is 29.8 Å². The first kappa shape index (κ1) is 15.2. The van der Waals surface area contributed by atoms with E-state index >= 15 is 0 Å². The lowest BCUT2D eigenvalue weighted by molar-refractivity contribution is 0.298. The summed E-state index contributed by atoms with van der Waals surface area (Å²) >= 11 is 12.3. The highest BCUT2D eigenvalue weighted by Gasteiger charge is 2.30. The fourth-order valence-corrected chi connectivity index (χ4v) is 3.82. The zero-order valence-electron chi connectivity index (χ0n) is 11.8. The van der Waals surface area contributed by atoms with Gasteiger partial charge in [-0.25, -0.2) is 0 Å². The van der Waals surface area contributed by atoms with Gasteiger partial charge >= 0.3 is 0 Å². The van der Waals surface area contributed by atoms with Crippen LogP contribution in [0.5, 0.6) is 0 Å². The molecule has 3 heteroatoms. The molecule has 1 nitrogen and oxygen atoms in total. The van der Waals surface area contributed by atoms with E-state index in [1.54, 1.807) is 0 Å². The van der Waals surface area contributed by atoms with Crippen LogP contribution in [0.1, 0.15) is 38.7 Å². The number of benzene rings is 1. The SMILES string of the molecule is CCNC(Cc1ccc(Cl)cc1Cl)C1CCCC1C. The van der Waals surface area contributed by atoms with Gasteiger partial charge in [0.1, 0.15) is 0 Å². The van der Waals surface area contributed by atoms with Crippen molar-refractivity contribution in [3.63, 3.8) is 0 Å². The van der Waals surface area contributed by atoms with Crippen molar-refractivity contribution in [1.29, 1.82) is 0 Å². The van der Waals surface area contributed by atoms with Crippen molar-refractivity contribution in [3.8, 4) is 0 Å². The summed E-state index contributed by atoms with van der Waals surface area (Å²) < 4.78 is 0. The Balaban J connectivity index is 2.11. The maximum absolute atomic E-state index is 6.30. The molecule has 1 saturated carbocycles. The Morgan fingerprint density at radius 3 is 2.68 bits per heavy atom. The fourth-order valence-electron chi connectivity index (χ4n) is 3.33. The van der Waals surface area contributed by atoms with Crippen molar-refractivity contribution in [2.45, 2.75) is 45.6 Å². The molecule has 1 aromatic carbocycles. The number of nitrogens with one attached hydrogen (secondary N) is 1. The Morgan fingerprint density at radius 1 is 1.32 bits per heavy atom. The summed E-state index contributed by atoms with van der Waals surface area (Å²) in [5, 5.41) is 5.16. The molecule has 2 rings (SSSR count). The van der Waals surface area contributed by atoms with Crippen molar-refractivity contribution < 1.29 is 0 Å². The highest BCUT2D eigenvalue weighted by atomic mass is 35.5. The monoisotopic (exact) mass is 299 g/mol. The van der Waals surface area contributed by atoms with Gasteiger partial charge in [0, 0.05) is 16.1 Å². The van der Waals surface area contributed by atoms with Crippen LogP contribution in [0.2, 0.25) is 10.0 Å². The molecule has 1 aliphatic carbocycles. The minimum absolute atomic E-state index is 0.529. The normalized spacial score (nSPS) is 24.6. The number of likely N-dealkylation sites (N-methyl/N-ethyl adjacent to an activating group) is 1. The standard InChI is InChI=1S/C16H23Cl2N/c1-3-19-16(14-6-4-5-11(14)2)9-12-7-8-13(17)10-15(12)18/h7-8,10-11,14,16,19H,3-6,9H2,1-2H3. The molecule has 19 heavy (non-hydrogen) atoms. The minimum Gasteiger partial charge on any atom is -0.314 e. The summed E-state index contributed by atoms with van der Waals surface area (Å²) in [4.78, 5) is 0. The first-order valence-corrected chi connectivity index (χ1v) is 8.04. The van der Waals surface area contributed by atoms with Gasteiger partial charge in [-0.15, -0.1) is 0 Å². The highest BCUT2D eigenvalue weighted by Crippen LogP contribution is 2.35. The first-order valence-electron chi connectivity index (χ1n) is 7.29. The second-order valence-corrected chi connectivity index (χ2v) is 6.52. The van der Waals surface area contributed by atoms with Crippen LogP contribution < -0.4 is 5.32 Å². The smallest absolute Gasteiger partial charge is 0.0453 e. The maximum atomic E-state index is 6.30. The van der Waals surface area contributed by atoms with Crippen LogP contribution in [0, 0.1) is 11.8 Å². The van der Waals surface area contributed by atoms with Gasteiger partial charge in [-0.3, -0.25) is 0 Å². The molecule has 1 fully saturated rings. The van der Waals surface area contributed by atoms with E-state index in [2.05, 4.69) is 25.2 Å². The van der Waals surface area contributed by atoms with Crippen LogP contribution in [-0.4, -0.2) is 12.6 Å². The van der Waals surface area contributed by atoms with E-state index in [1.807, 2.05) is 12.1 Å². The molecule has 3 atom stereocenters. The highest BCUT2D eigenvalue weighted by molar-refractivity contribution is 6.35. The second kappa shape index (κ2) is 6.97. The number of rotatable bonds is 5. The molecule has 3 unspecified atom stereocenters. The third kappa shape index (κ3) is 3.87. The van der Waals surface area contributed by atoms with E-state index in [4.69, 9.17) is 23.2 Å².